The summed E-state index contributed by atoms with van der Waals surface area (Å²) in [6.45, 7) is 7.03. The molecule has 0 N–H and O–H groups in total. The lowest BCUT2D eigenvalue weighted by atomic mass is 9.95. The van der Waals surface area contributed by atoms with Gasteiger partial charge in [-0.05, 0) is 56.2 Å². The van der Waals surface area contributed by atoms with E-state index in [0.29, 0.717) is 33.0 Å². The predicted octanol–water partition coefficient (Wildman–Crippen LogP) is 2.52. The van der Waals surface area contributed by atoms with E-state index in [1.807, 2.05) is 6.07 Å². The molecule has 0 spiro atoms. The minimum Gasteiger partial charge on any atom is -0.490 e. The number of rotatable bonds is 7. The van der Waals surface area contributed by atoms with Crippen molar-refractivity contribution in [3.8, 4) is 11.5 Å². The van der Waals surface area contributed by atoms with Crippen molar-refractivity contribution in [2.45, 2.75) is 33.7 Å². The highest BCUT2D eigenvalue weighted by Crippen LogP contribution is 2.36. The first-order valence-corrected chi connectivity index (χ1v) is 12.2. The predicted molar refractivity (Wildman–Crippen MR) is 134 cm³/mol. The molecule has 1 aromatic carbocycles. The standard InChI is InChI=1S/C26H25N3O6S/c1-5-33-20-13-18(9-10-19(20)35-16(4)30)23-22(25(32)34-6-2)15(3)28-26-29(23)24(31)21(36-26)12-17-8-7-11-27-14-17/h7-14,23H,5-6H2,1-4H3/b21-12+. The molecule has 1 aliphatic heterocycles. The van der Waals surface area contributed by atoms with Crippen molar-refractivity contribution in [1.29, 1.82) is 0 Å². The molecule has 186 valence electrons. The number of thiazole rings is 1. The lowest BCUT2D eigenvalue weighted by Gasteiger charge is -2.25. The molecule has 0 saturated carbocycles. The minimum absolute atomic E-state index is 0.170. The van der Waals surface area contributed by atoms with Gasteiger partial charge in [-0.25, -0.2) is 9.79 Å². The van der Waals surface area contributed by atoms with E-state index < -0.39 is 18.0 Å². The van der Waals surface area contributed by atoms with E-state index in [9.17, 15) is 14.4 Å². The number of carbonyl (C=O) groups is 2. The van der Waals surface area contributed by atoms with Gasteiger partial charge in [0.2, 0.25) is 0 Å². The van der Waals surface area contributed by atoms with Crippen LogP contribution in [-0.4, -0.2) is 34.7 Å². The van der Waals surface area contributed by atoms with Gasteiger partial charge in [0.05, 0.1) is 35.1 Å². The topological polar surface area (TPSA) is 109 Å². The SMILES string of the molecule is CCOC(=O)C1=C(C)N=c2s/c(=C/c3cccnc3)c(=O)n2C1c1ccc(OC(C)=O)c(OCC)c1. The van der Waals surface area contributed by atoms with Crippen LogP contribution in [0.25, 0.3) is 6.08 Å². The minimum atomic E-state index is -0.818. The highest BCUT2D eigenvalue weighted by molar-refractivity contribution is 7.07. The zero-order valence-corrected chi connectivity index (χ0v) is 21.1. The third-order valence-corrected chi connectivity index (χ3v) is 6.32. The van der Waals surface area contributed by atoms with Crippen molar-refractivity contribution in [2.24, 2.45) is 4.99 Å². The number of ether oxygens (including phenoxy) is 3. The molecule has 36 heavy (non-hydrogen) atoms. The average Bonchev–Trinajstić information content (AvgIpc) is 3.14. The van der Waals surface area contributed by atoms with Crippen LogP contribution >= 0.6 is 11.3 Å². The van der Waals surface area contributed by atoms with E-state index in [0.717, 1.165) is 5.56 Å². The number of aromatic nitrogens is 2. The average molecular weight is 508 g/mol. The number of fused-ring (bicyclic) bond motifs is 1. The lowest BCUT2D eigenvalue weighted by molar-refractivity contribution is -0.139. The maximum absolute atomic E-state index is 13.6. The Hall–Kier alpha value is -4.05. The number of allylic oxidation sites excluding steroid dienone is 1. The smallest absolute Gasteiger partial charge is 0.338 e. The van der Waals surface area contributed by atoms with E-state index >= 15 is 0 Å². The van der Waals surface area contributed by atoms with Crippen LogP contribution in [0, 0.1) is 0 Å². The van der Waals surface area contributed by atoms with Crippen molar-refractivity contribution in [3.63, 3.8) is 0 Å². The third-order valence-electron chi connectivity index (χ3n) is 5.34. The summed E-state index contributed by atoms with van der Waals surface area (Å²) in [5.74, 6) is -0.488. The summed E-state index contributed by atoms with van der Waals surface area (Å²) < 4.78 is 18.3. The third kappa shape index (κ3) is 4.99. The Morgan fingerprint density at radius 2 is 1.97 bits per heavy atom. The van der Waals surface area contributed by atoms with Crippen molar-refractivity contribution in [3.05, 3.63) is 84.8 Å². The molecule has 0 radical (unpaired) electrons. The van der Waals surface area contributed by atoms with Gasteiger partial charge >= 0.3 is 11.9 Å². The Morgan fingerprint density at radius 1 is 1.17 bits per heavy atom. The Kier molecular flexibility index (Phi) is 7.44. The summed E-state index contributed by atoms with van der Waals surface area (Å²) in [5, 5.41) is 0. The summed E-state index contributed by atoms with van der Waals surface area (Å²) in [7, 11) is 0. The second kappa shape index (κ2) is 10.7. The van der Waals surface area contributed by atoms with Gasteiger partial charge in [0.15, 0.2) is 16.3 Å². The number of carbonyl (C=O) groups excluding carboxylic acids is 2. The summed E-state index contributed by atoms with van der Waals surface area (Å²) in [6.07, 6.45) is 5.06. The van der Waals surface area contributed by atoms with Gasteiger partial charge in [-0.1, -0.05) is 23.5 Å². The highest BCUT2D eigenvalue weighted by Gasteiger charge is 2.34. The van der Waals surface area contributed by atoms with Crippen molar-refractivity contribution in [2.75, 3.05) is 13.2 Å². The molecule has 3 aromatic rings. The molecule has 0 aliphatic carbocycles. The Balaban J connectivity index is 1.95. The van der Waals surface area contributed by atoms with Gasteiger partial charge < -0.3 is 14.2 Å². The zero-order chi connectivity index (χ0) is 25.8. The molecule has 2 aromatic heterocycles. The second-order valence-electron chi connectivity index (χ2n) is 7.82. The quantitative estimate of drug-likeness (QED) is 0.357. The van der Waals surface area contributed by atoms with Crippen LogP contribution in [0.4, 0.5) is 0 Å². The Bertz CT molecular complexity index is 1520. The fraction of sp³-hybridized carbons (Fsp3) is 0.269. The van der Waals surface area contributed by atoms with Crippen molar-refractivity contribution < 1.29 is 23.8 Å². The molecule has 1 unspecified atom stereocenters. The summed E-state index contributed by atoms with van der Waals surface area (Å²) >= 11 is 1.23. The number of nitrogens with zero attached hydrogens (tertiary/aromatic N) is 3. The van der Waals surface area contributed by atoms with Crippen LogP contribution in [0.3, 0.4) is 0 Å². The van der Waals surface area contributed by atoms with Crippen LogP contribution in [-0.2, 0) is 14.3 Å². The molecule has 0 amide bonds. The Morgan fingerprint density at radius 3 is 2.64 bits per heavy atom. The van der Waals surface area contributed by atoms with Crippen LogP contribution in [0.1, 0.15) is 44.9 Å². The highest BCUT2D eigenvalue weighted by atomic mass is 32.1. The molecule has 1 aliphatic rings. The van der Waals surface area contributed by atoms with Gasteiger partial charge in [0.1, 0.15) is 0 Å². The first-order chi connectivity index (χ1) is 17.3. The molecule has 0 saturated heterocycles. The second-order valence-corrected chi connectivity index (χ2v) is 8.83. The van der Waals surface area contributed by atoms with Crippen molar-refractivity contribution >= 4 is 29.4 Å². The van der Waals surface area contributed by atoms with E-state index in [1.54, 1.807) is 63.5 Å². The molecular weight excluding hydrogens is 482 g/mol. The maximum Gasteiger partial charge on any atom is 0.338 e. The number of hydrogen-bond acceptors (Lipinski definition) is 9. The van der Waals surface area contributed by atoms with Gasteiger partial charge in [0.25, 0.3) is 5.56 Å². The summed E-state index contributed by atoms with van der Waals surface area (Å²) in [6, 6.07) is 7.77. The van der Waals surface area contributed by atoms with Crippen molar-refractivity contribution in [1.82, 2.24) is 9.55 Å². The van der Waals surface area contributed by atoms with Gasteiger partial charge in [-0.2, -0.15) is 0 Å². The molecule has 10 heteroatoms. The first kappa shape index (κ1) is 25.1. The molecule has 4 rings (SSSR count). The number of esters is 2. The van der Waals surface area contributed by atoms with Crippen LogP contribution in [0.15, 0.2) is 63.8 Å². The molecular formula is C26H25N3O6S. The first-order valence-electron chi connectivity index (χ1n) is 11.4. The zero-order valence-electron chi connectivity index (χ0n) is 20.3. The summed E-state index contributed by atoms with van der Waals surface area (Å²) in [4.78, 5) is 47.4. The number of pyridine rings is 1. The maximum atomic E-state index is 13.6. The van der Waals surface area contributed by atoms with E-state index in [4.69, 9.17) is 14.2 Å². The van der Waals surface area contributed by atoms with E-state index in [2.05, 4.69) is 9.98 Å². The van der Waals surface area contributed by atoms with Gasteiger partial charge in [-0.3, -0.25) is 19.1 Å². The van der Waals surface area contributed by atoms with Crippen LogP contribution in [0.5, 0.6) is 11.5 Å². The van der Waals surface area contributed by atoms with Crippen LogP contribution in [0.2, 0.25) is 0 Å². The number of benzene rings is 1. The summed E-state index contributed by atoms with van der Waals surface area (Å²) in [5.41, 5.74) is 1.75. The molecule has 1 atom stereocenters. The Labute approximate surface area is 211 Å². The molecule has 0 fully saturated rings. The van der Waals surface area contributed by atoms with Gasteiger partial charge in [0, 0.05) is 19.3 Å². The van der Waals surface area contributed by atoms with E-state index in [-0.39, 0.29) is 23.5 Å². The fourth-order valence-electron chi connectivity index (χ4n) is 3.92. The van der Waals surface area contributed by atoms with E-state index in [1.165, 1.54) is 22.8 Å². The monoisotopic (exact) mass is 507 g/mol. The molecule has 0 bridgehead atoms. The fourth-order valence-corrected chi connectivity index (χ4v) is 4.97. The largest absolute Gasteiger partial charge is 0.490 e. The molecule has 3 heterocycles. The number of hydrogen-bond donors (Lipinski definition) is 0. The van der Waals surface area contributed by atoms with Crippen LogP contribution < -0.4 is 24.4 Å². The lowest BCUT2D eigenvalue weighted by Crippen LogP contribution is -2.40. The normalized spacial score (nSPS) is 15.2. The van der Waals surface area contributed by atoms with Gasteiger partial charge in [-0.15, -0.1) is 0 Å². The molecule has 9 nitrogen and oxygen atoms in total.